The number of carbonyl (C=O) groups excluding carboxylic acids is 2. The van der Waals surface area contributed by atoms with Gasteiger partial charge in [-0.3, -0.25) is 4.79 Å². The van der Waals surface area contributed by atoms with Crippen LogP contribution in [-0.2, 0) is 27.4 Å². The molecule has 1 aliphatic carbocycles. The lowest BCUT2D eigenvalue weighted by Crippen LogP contribution is -2.15. The van der Waals surface area contributed by atoms with Crippen molar-refractivity contribution in [1.82, 2.24) is 0 Å². The highest BCUT2D eigenvalue weighted by atomic mass is 32.2. The largest absolute Gasteiger partial charge is 0.454 e. The Hall–Kier alpha value is -2.47. The standard InChI is InChI=1S/C20H20O5S/c1-26(23,24)18-10-8-15(9-11-18)20(22)25-13-19(21)17-7-6-14-4-2-3-5-16(14)12-17/h6-12H,2-5,13H2,1H3. The van der Waals surface area contributed by atoms with Crippen molar-refractivity contribution in [2.45, 2.75) is 30.6 Å². The Labute approximate surface area is 152 Å². The quantitative estimate of drug-likeness (QED) is 0.596. The summed E-state index contributed by atoms with van der Waals surface area (Å²) in [5.41, 5.74) is 3.24. The van der Waals surface area contributed by atoms with E-state index < -0.39 is 15.8 Å². The molecule has 2 aromatic rings. The maximum absolute atomic E-state index is 12.3. The average Bonchev–Trinajstić information content (AvgIpc) is 2.64. The third-order valence-corrected chi connectivity index (χ3v) is 5.65. The number of Topliss-reactive ketones (excluding diaryl/α,β-unsaturated/α-hetero) is 1. The van der Waals surface area contributed by atoms with Crippen LogP contribution >= 0.6 is 0 Å². The Bertz CT molecular complexity index is 943. The third-order valence-electron chi connectivity index (χ3n) is 4.52. The summed E-state index contributed by atoms with van der Waals surface area (Å²) in [5.74, 6) is -0.907. The fourth-order valence-electron chi connectivity index (χ4n) is 3.04. The number of ketones is 1. The Balaban J connectivity index is 1.63. The van der Waals surface area contributed by atoms with Crippen LogP contribution in [0.4, 0.5) is 0 Å². The first-order valence-electron chi connectivity index (χ1n) is 8.47. The van der Waals surface area contributed by atoms with Crippen LogP contribution in [0.25, 0.3) is 0 Å². The van der Waals surface area contributed by atoms with Crippen molar-refractivity contribution in [2.24, 2.45) is 0 Å². The van der Waals surface area contributed by atoms with Gasteiger partial charge in [-0.1, -0.05) is 12.1 Å². The van der Waals surface area contributed by atoms with E-state index in [0.717, 1.165) is 25.5 Å². The SMILES string of the molecule is CS(=O)(=O)c1ccc(C(=O)OCC(=O)c2ccc3c(c2)CCCC3)cc1. The number of sulfone groups is 1. The molecule has 0 saturated heterocycles. The number of fused-ring (bicyclic) bond motifs is 1. The maximum Gasteiger partial charge on any atom is 0.338 e. The van der Waals surface area contributed by atoms with Crippen molar-refractivity contribution in [3.05, 3.63) is 64.7 Å². The van der Waals surface area contributed by atoms with Crippen molar-refractivity contribution < 1.29 is 22.7 Å². The van der Waals surface area contributed by atoms with Gasteiger partial charge in [0.25, 0.3) is 0 Å². The molecule has 0 heterocycles. The monoisotopic (exact) mass is 372 g/mol. The molecule has 0 atom stereocenters. The van der Waals surface area contributed by atoms with Gasteiger partial charge in [-0.05, 0) is 67.1 Å². The highest BCUT2D eigenvalue weighted by Gasteiger charge is 2.16. The lowest BCUT2D eigenvalue weighted by Gasteiger charge is -2.16. The molecule has 26 heavy (non-hydrogen) atoms. The van der Waals surface area contributed by atoms with E-state index in [4.69, 9.17) is 4.74 Å². The second-order valence-electron chi connectivity index (χ2n) is 6.49. The van der Waals surface area contributed by atoms with Crippen LogP contribution < -0.4 is 0 Å². The topological polar surface area (TPSA) is 77.5 Å². The molecular weight excluding hydrogens is 352 g/mol. The summed E-state index contributed by atoms with van der Waals surface area (Å²) in [6.07, 6.45) is 5.42. The average molecular weight is 372 g/mol. The summed E-state index contributed by atoms with van der Waals surface area (Å²) >= 11 is 0. The Morgan fingerprint density at radius 3 is 2.19 bits per heavy atom. The van der Waals surface area contributed by atoms with E-state index in [2.05, 4.69) is 0 Å². The number of benzene rings is 2. The van der Waals surface area contributed by atoms with Crippen LogP contribution in [-0.4, -0.2) is 33.0 Å². The summed E-state index contributed by atoms with van der Waals surface area (Å²) < 4.78 is 27.9. The molecule has 0 unspecified atom stereocenters. The normalized spacial score (nSPS) is 13.7. The van der Waals surface area contributed by atoms with Gasteiger partial charge in [0.1, 0.15) is 0 Å². The highest BCUT2D eigenvalue weighted by Crippen LogP contribution is 2.22. The van der Waals surface area contributed by atoms with Gasteiger partial charge in [-0.2, -0.15) is 0 Å². The van der Waals surface area contributed by atoms with Crippen molar-refractivity contribution >= 4 is 21.6 Å². The van der Waals surface area contributed by atoms with Crippen LogP contribution in [0.15, 0.2) is 47.4 Å². The van der Waals surface area contributed by atoms with Gasteiger partial charge in [0.2, 0.25) is 0 Å². The molecule has 2 aromatic carbocycles. The number of rotatable bonds is 5. The van der Waals surface area contributed by atoms with Crippen LogP contribution in [0, 0.1) is 0 Å². The minimum atomic E-state index is -3.32. The first kappa shape index (κ1) is 18.3. The molecule has 0 aliphatic heterocycles. The van der Waals surface area contributed by atoms with Crippen molar-refractivity contribution in [2.75, 3.05) is 12.9 Å². The molecule has 0 fully saturated rings. The minimum Gasteiger partial charge on any atom is -0.454 e. The second-order valence-corrected chi connectivity index (χ2v) is 8.50. The molecule has 136 valence electrons. The molecule has 0 bridgehead atoms. The molecule has 1 aliphatic rings. The smallest absolute Gasteiger partial charge is 0.338 e. The molecule has 0 amide bonds. The number of aryl methyl sites for hydroxylation is 2. The lowest BCUT2D eigenvalue weighted by molar-refractivity contribution is 0.0474. The highest BCUT2D eigenvalue weighted by molar-refractivity contribution is 7.90. The lowest BCUT2D eigenvalue weighted by atomic mass is 9.90. The number of ether oxygens (including phenoxy) is 1. The molecular formula is C20H20O5S. The van der Waals surface area contributed by atoms with E-state index in [0.29, 0.717) is 5.56 Å². The van der Waals surface area contributed by atoms with Crippen molar-refractivity contribution in [3.63, 3.8) is 0 Å². The molecule has 0 radical (unpaired) electrons. The molecule has 6 heteroatoms. The minimum absolute atomic E-state index is 0.124. The number of hydrogen-bond acceptors (Lipinski definition) is 5. The zero-order valence-electron chi connectivity index (χ0n) is 14.5. The van der Waals surface area contributed by atoms with E-state index in [9.17, 15) is 18.0 Å². The predicted molar refractivity (Wildman–Crippen MR) is 97.2 cm³/mol. The van der Waals surface area contributed by atoms with Crippen LogP contribution in [0.3, 0.4) is 0 Å². The number of carbonyl (C=O) groups is 2. The van der Waals surface area contributed by atoms with Crippen LogP contribution in [0.5, 0.6) is 0 Å². The second kappa shape index (κ2) is 7.41. The maximum atomic E-state index is 12.3. The first-order valence-corrected chi connectivity index (χ1v) is 10.4. The summed E-state index contributed by atoms with van der Waals surface area (Å²) in [5, 5.41) is 0. The van der Waals surface area contributed by atoms with E-state index >= 15 is 0 Å². The van der Waals surface area contributed by atoms with E-state index in [1.807, 2.05) is 12.1 Å². The molecule has 0 N–H and O–H groups in total. The summed E-state index contributed by atoms with van der Waals surface area (Å²) in [7, 11) is -3.32. The van der Waals surface area contributed by atoms with Crippen molar-refractivity contribution in [3.8, 4) is 0 Å². The van der Waals surface area contributed by atoms with Crippen LogP contribution in [0.1, 0.15) is 44.7 Å². The molecule has 3 rings (SSSR count). The Morgan fingerprint density at radius 2 is 1.54 bits per heavy atom. The van der Waals surface area contributed by atoms with Gasteiger partial charge >= 0.3 is 5.97 Å². The fourth-order valence-corrected chi connectivity index (χ4v) is 3.67. The number of esters is 1. The van der Waals surface area contributed by atoms with E-state index in [1.54, 1.807) is 6.07 Å². The van der Waals surface area contributed by atoms with E-state index in [1.165, 1.54) is 41.8 Å². The Morgan fingerprint density at radius 1 is 0.923 bits per heavy atom. The van der Waals surface area contributed by atoms with E-state index in [-0.39, 0.29) is 22.8 Å². The zero-order valence-corrected chi connectivity index (χ0v) is 15.3. The fraction of sp³-hybridized carbons (Fsp3) is 0.300. The zero-order chi connectivity index (χ0) is 18.7. The van der Waals surface area contributed by atoms with Crippen LogP contribution in [0.2, 0.25) is 0 Å². The first-order chi connectivity index (χ1) is 12.3. The molecule has 5 nitrogen and oxygen atoms in total. The molecule has 0 aromatic heterocycles. The van der Waals surface area contributed by atoms with Gasteiger partial charge in [0.15, 0.2) is 22.2 Å². The van der Waals surface area contributed by atoms with Gasteiger partial charge in [-0.25, -0.2) is 13.2 Å². The van der Waals surface area contributed by atoms with Gasteiger partial charge in [-0.15, -0.1) is 0 Å². The van der Waals surface area contributed by atoms with Gasteiger partial charge in [0, 0.05) is 11.8 Å². The summed E-state index contributed by atoms with van der Waals surface area (Å²) in [6.45, 7) is -0.342. The summed E-state index contributed by atoms with van der Waals surface area (Å²) in [6, 6.07) is 11.1. The summed E-state index contributed by atoms with van der Waals surface area (Å²) in [4.78, 5) is 24.5. The van der Waals surface area contributed by atoms with Gasteiger partial charge < -0.3 is 4.74 Å². The molecule has 0 spiro atoms. The third kappa shape index (κ3) is 4.19. The Kier molecular flexibility index (Phi) is 5.23. The number of hydrogen-bond donors (Lipinski definition) is 0. The predicted octanol–water partition coefficient (Wildman–Crippen LogP) is 3.01. The van der Waals surface area contributed by atoms with Crippen molar-refractivity contribution in [1.29, 1.82) is 0 Å². The molecule has 0 saturated carbocycles. The van der Waals surface area contributed by atoms with Gasteiger partial charge in [0.05, 0.1) is 10.5 Å².